The van der Waals surface area contributed by atoms with Gasteiger partial charge in [0.15, 0.2) is 0 Å². The minimum absolute atomic E-state index is 0. The lowest BCUT2D eigenvalue weighted by Gasteiger charge is -2.16. The van der Waals surface area contributed by atoms with E-state index in [0.29, 0.717) is 5.92 Å². The Balaban J connectivity index is 0.00000196. The predicted molar refractivity (Wildman–Crippen MR) is 108 cm³/mol. The van der Waals surface area contributed by atoms with Gasteiger partial charge in [0.05, 0.1) is 11.9 Å². The Labute approximate surface area is 160 Å². The Morgan fingerprint density at radius 1 is 1.12 bits per heavy atom. The zero-order chi connectivity index (χ0) is 17.2. The van der Waals surface area contributed by atoms with Gasteiger partial charge in [0, 0.05) is 42.7 Å². The number of hydrogen-bond donors (Lipinski definition) is 2. The summed E-state index contributed by atoms with van der Waals surface area (Å²) >= 11 is 0. The Hall–Kier alpha value is -2.14. The van der Waals surface area contributed by atoms with Gasteiger partial charge in [0.2, 0.25) is 0 Å². The number of likely N-dealkylation sites (tertiary alicyclic amines) is 1. The molecular formula is C21H25ClN4. The molecule has 0 amide bonds. The number of nitrogens with zero attached hydrogens (tertiary/aromatic N) is 2. The summed E-state index contributed by atoms with van der Waals surface area (Å²) in [6.07, 6.45) is 1.94. The molecule has 4 rings (SSSR count). The molecule has 1 aliphatic heterocycles. The molecule has 1 fully saturated rings. The van der Waals surface area contributed by atoms with Crippen LogP contribution in [-0.2, 0) is 6.54 Å². The number of aromatic amines is 1. The lowest BCUT2D eigenvalue weighted by molar-refractivity contribution is 0.324. The summed E-state index contributed by atoms with van der Waals surface area (Å²) in [5.74, 6) is 0.399. The maximum atomic E-state index is 6.43. The van der Waals surface area contributed by atoms with Gasteiger partial charge in [-0.1, -0.05) is 54.1 Å². The molecule has 0 aliphatic carbocycles. The summed E-state index contributed by atoms with van der Waals surface area (Å²) in [7, 11) is 0. The zero-order valence-corrected chi connectivity index (χ0v) is 15.7. The van der Waals surface area contributed by atoms with Gasteiger partial charge in [0.1, 0.15) is 0 Å². The van der Waals surface area contributed by atoms with Crippen LogP contribution in [0, 0.1) is 6.92 Å². The molecule has 0 unspecified atom stereocenters. The van der Waals surface area contributed by atoms with E-state index in [9.17, 15) is 0 Å². The number of H-pyrrole nitrogens is 1. The standard InChI is InChI=1S/C21H24N4.ClH/c1-15-6-5-9-17(10-15)21-18(11-23-24-21)12-25-13-19(20(22)14-25)16-7-3-2-4-8-16;/h2-11,19-20H,12-14,22H2,1H3,(H,23,24);1H/t19-,20+;/m0./s1. The fourth-order valence-electron chi connectivity index (χ4n) is 3.82. The molecule has 26 heavy (non-hydrogen) atoms. The Bertz CT molecular complexity index is 846. The predicted octanol–water partition coefficient (Wildman–Crippen LogP) is 3.73. The van der Waals surface area contributed by atoms with E-state index in [1.807, 2.05) is 6.20 Å². The molecule has 2 atom stereocenters. The van der Waals surface area contributed by atoms with Gasteiger partial charge in [-0.05, 0) is 18.6 Å². The van der Waals surface area contributed by atoms with Crippen LogP contribution in [0.25, 0.3) is 11.3 Å². The van der Waals surface area contributed by atoms with Crippen molar-refractivity contribution in [3.05, 3.63) is 77.5 Å². The highest BCUT2D eigenvalue weighted by Crippen LogP contribution is 2.29. The van der Waals surface area contributed by atoms with Crippen molar-refractivity contribution in [1.82, 2.24) is 15.1 Å². The monoisotopic (exact) mass is 368 g/mol. The molecule has 0 spiro atoms. The van der Waals surface area contributed by atoms with Gasteiger partial charge in [-0.25, -0.2) is 0 Å². The minimum Gasteiger partial charge on any atom is -0.326 e. The quantitative estimate of drug-likeness (QED) is 0.737. The van der Waals surface area contributed by atoms with E-state index in [1.165, 1.54) is 22.3 Å². The molecule has 0 saturated carbocycles. The largest absolute Gasteiger partial charge is 0.326 e. The number of aromatic nitrogens is 2. The van der Waals surface area contributed by atoms with Crippen LogP contribution in [0.4, 0.5) is 0 Å². The number of aryl methyl sites for hydroxylation is 1. The highest BCUT2D eigenvalue weighted by Gasteiger charge is 2.31. The number of benzene rings is 2. The Morgan fingerprint density at radius 3 is 2.69 bits per heavy atom. The molecule has 2 heterocycles. The van der Waals surface area contributed by atoms with Crippen molar-refractivity contribution in [2.45, 2.75) is 25.4 Å². The van der Waals surface area contributed by atoms with E-state index in [4.69, 9.17) is 5.73 Å². The third kappa shape index (κ3) is 3.83. The number of nitrogens with one attached hydrogen (secondary N) is 1. The van der Waals surface area contributed by atoms with Crippen molar-refractivity contribution in [3.63, 3.8) is 0 Å². The molecule has 5 heteroatoms. The van der Waals surface area contributed by atoms with Crippen molar-refractivity contribution >= 4 is 12.4 Å². The van der Waals surface area contributed by atoms with Gasteiger partial charge in [-0.15, -0.1) is 12.4 Å². The van der Waals surface area contributed by atoms with Crippen LogP contribution in [0.2, 0.25) is 0 Å². The summed E-state index contributed by atoms with van der Waals surface area (Å²) in [5, 5.41) is 7.45. The number of nitrogens with two attached hydrogens (primary N) is 1. The van der Waals surface area contributed by atoms with Crippen molar-refractivity contribution in [3.8, 4) is 11.3 Å². The first-order valence-corrected chi connectivity index (χ1v) is 8.83. The lowest BCUT2D eigenvalue weighted by Crippen LogP contribution is -2.28. The zero-order valence-electron chi connectivity index (χ0n) is 14.9. The van der Waals surface area contributed by atoms with E-state index in [2.05, 4.69) is 76.6 Å². The van der Waals surface area contributed by atoms with Crippen molar-refractivity contribution in [2.75, 3.05) is 13.1 Å². The highest BCUT2D eigenvalue weighted by atomic mass is 35.5. The fraction of sp³-hybridized carbons (Fsp3) is 0.286. The molecule has 3 aromatic rings. The molecule has 0 radical (unpaired) electrons. The van der Waals surface area contributed by atoms with Gasteiger partial charge < -0.3 is 5.73 Å². The topological polar surface area (TPSA) is 57.9 Å². The number of hydrogen-bond acceptors (Lipinski definition) is 3. The molecule has 4 nitrogen and oxygen atoms in total. The average molecular weight is 369 g/mol. The second-order valence-electron chi connectivity index (χ2n) is 7.01. The van der Waals surface area contributed by atoms with Gasteiger partial charge in [-0.3, -0.25) is 10.00 Å². The summed E-state index contributed by atoms with van der Waals surface area (Å²) in [6, 6.07) is 19.3. The average Bonchev–Trinajstić information content (AvgIpc) is 3.22. The fourth-order valence-corrected chi connectivity index (χ4v) is 3.82. The van der Waals surface area contributed by atoms with Crippen LogP contribution in [0.5, 0.6) is 0 Å². The summed E-state index contributed by atoms with van der Waals surface area (Å²) in [4.78, 5) is 2.44. The maximum absolute atomic E-state index is 6.43. The van der Waals surface area contributed by atoms with Crippen molar-refractivity contribution in [2.24, 2.45) is 5.73 Å². The van der Waals surface area contributed by atoms with Crippen molar-refractivity contribution < 1.29 is 0 Å². The third-order valence-electron chi connectivity index (χ3n) is 5.09. The van der Waals surface area contributed by atoms with Crippen LogP contribution in [0.1, 0.15) is 22.6 Å². The van der Waals surface area contributed by atoms with E-state index in [1.54, 1.807) is 0 Å². The number of halogens is 1. The van der Waals surface area contributed by atoms with E-state index in [-0.39, 0.29) is 18.4 Å². The third-order valence-corrected chi connectivity index (χ3v) is 5.09. The van der Waals surface area contributed by atoms with E-state index in [0.717, 1.165) is 25.3 Å². The van der Waals surface area contributed by atoms with Crippen LogP contribution < -0.4 is 5.73 Å². The normalized spacial score (nSPS) is 20.1. The summed E-state index contributed by atoms with van der Waals surface area (Å²) in [5.41, 5.74) is 12.6. The molecule has 1 saturated heterocycles. The Morgan fingerprint density at radius 2 is 1.92 bits per heavy atom. The lowest BCUT2D eigenvalue weighted by atomic mass is 9.95. The van der Waals surface area contributed by atoms with Crippen LogP contribution in [-0.4, -0.2) is 34.2 Å². The molecule has 3 N–H and O–H groups in total. The van der Waals surface area contributed by atoms with E-state index < -0.39 is 0 Å². The minimum atomic E-state index is 0. The maximum Gasteiger partial charge on any atom is 0.0695 e. The molecule has 136 valence electrons. The Kier molecular flexibility index (Phi) is 5.77. The second-order valence-corrected chi connectivity index (χ2v) is 7.01. The van der Waals surface area contributed by atoms with Crippen LogP contribution in [0.3, 0.4) is 0 Å². The van der Waals surface area contributed by atoms with Crippen LogP contribution >= 0.6 is 12.4 Å². The molecular weight excluding hydrogens is 344 g/mol. The molecule has 1 aromatic heterocycles. The molecule has 1 aliphatic rings. The highest BCUT2D eigenvalue weighted by molar-refractivity contribution is 5.85. The summed E-state index contributed by atoms with van der Waals surface area (Å²) in [6.45, 7) is 4.89. The second kappa shape index (κ2) is 8.04. The number of rotatable bonds is 4. The van der Waals surface area contributed by atoms with Crippen molar-refractivity contribution in [1.29, 1.82) is 0 Å². The molecule has 0 bridgehead atoms. The van der Waals surface area contributed by atoms with Gasteiger partial charge in [0.25, 0.3) is 0 Å². The van der Waals surface area contributed by atoms with E-state index >= 15 is 0 Å². The first kappa shape index (κ1) is 18.6. The first-order chi connectivity index (χ1) is 12.2. The van der Waals surface area contributed by atoms with Crippen LogP contribution in [0.15, 0.2) is 60.8 Å². The van der Waals surface area contributed by atoms with Gasteiger partial charge >= 0.3 is 0 Å². The SMILES string of the molecule is Cc1cccc(-c2[nH]ncc2CN2C[C@@H](N)[C@H](c3ccccc3)C2)c1.Cl. The summed E-state index contributed by atoms with van der Waals surface area (Å²) < 4.78 is 0. The van der Waals surface area contributed by atoms with Gasteiger partial charge in [-0.2, -0.15) is 5.10 Å². The smallest absolute Gasteiger partial charge is 0.0695 e. The first-order valence-electron chi connectivity index (χ1n) is 8.83. The molecule has 2 aromatic carbocycles.